The fraction of sp³-hybridized carbons (Fsp3) is 0.214. The van der Waals surface area contributed by atoms with E-state index < -0.39 is 0 Å². The minimum absolute atomic E-state index is 0.0129. The van der Waals surface area contributed by atoms with Crippen LogP contribution in [-0.2, 0) is 0 Å². The number of para-hydroxylation sites is 1. The van der Waals surface area contributed by atoms with Crippen LogP contribution in [0.25, 0.3) is 22.2 Å². The molecule has 0 unspecified atom stereocenters. The molecule has 0 bridgehead atoms. The third-order valence-electron chi connectivity index (χ3n) is 6.45. The number of pyridine rings is 1. The quantitative estimate of drug-likeness (QED) is 0.375. The molecule has 1 aromatic heterocycles. The predicted octanol–water partition coefficient (Wildman–Crippen LogP) is 5.83. The first-order valence-electron chi connectivity index (χ1n) is 11.4. The van der Waals surface area contributed by atoms with Crippen molar-refractivity contribution in [3.63, 3.8) is 0 Å². The molecule has 5 nitrogen and oxygen atoms in total. The van der Waals surface area contributed by atoms with Crippen molar-refractivity contribution >= 4 is 34.1 Å². The van der Waals surface area contributed by atoms with Crippen molar-refractivity contribution in [3.8, 4) is 17.0 Å². The lowest BCUT2D eigenvalue weighted by molar-refractivity contribution is 0.0748. The van der Waals surface area contributed by atoms with E-state index in [0.717, 1.165) is 46.7 Å². The summed E-state index contributed by atoms with van der Waals surface area (Å²) in [6.07, 6.45) is 0. The van der Waals surface area contributed by atoms with Crippen molar-refractivity contribution in [2.24, 2.45) is 0 Å². The third-order valence-corrected chi connectivity index (χ3v) is 6.75. The van der Waals surface area contributed by atoms with Gasteiger partial charge in [0.05, 0.1) is 28.9 Å². The molecule has 4 aromatic rings. The topological polar surface area (TPSA) is 45.7 Å². The van der Waals surface area contributed by atoms with E-state index in [-0.39, 0.29) is 5.91 Å². The first kappa shape index (κ1) is 22.2. The molecule has 0 aliphatic carbocycles. The Labute approximate surface area is 204 Å². The summed E-state index contributed by atoms with van der Waals surface area (Å²) >= 11 is 6.52. The van der Waals surface area contributed by atoms with E-state index in [1.165, 1.54) is 0 Å². The molecular weight excluding hydrogens is 446 g/mol. The van der Waals surface area contributed by atoms with Gasteiger partial charge < -0.3 is 14.5 Å². The number of anilines is 1. The smallest absolute Gasteiger partial charge is 0.254 e. The van der Waals surface area contributed by atoms with Gasteiger partial charge in [-0.2, -0.15) is 0 Å². The largest absolute Gasteiger partial charge is 0.497 e. The van der Waals surface area contributed by atoms with Crippen LogP contribution < -0.4 is 9.64 Å². The number of amides is 1. The predicted molar refractivity (Wildman–Crippen MR) is 138 cm³/mol. The molecule has 1 amide bonds. The van der Waals surface area contributed by atoms with Crippen LogP contribution >= 0.6 is 11.6 Å². The van der Waals surface area contributed by atoms with Crippen molar-refractivity contribution < 1.29 is 9.53 Å². The Balaban J connectivity index is 1.45. The highest BCUT2D eigenvalue weighted by molar-refractivity contribution is 6.35. The lowest BCUT2D eigenvalue weighted by Crippen LogP contribution is -2.48. The molecule has 0 atom stereocenters. The highest BCUT2D eigenvalue weighted by atomic mass is 35.5. The van der Waals surface area contributed by atoms with Crippen molar-refractivity contribution in [1.82, 2.24) is 9.88 Å². The van der Waals surface area contributed by atoms with E-state index in [9.17, 15) is 4.79 Å². The Morgan fingerprint density at radius 2 is 1.68 bits per heavy atom. The zero-order valence-corrected chi connectivity index (χ0v) is 20.0. The van der Waals surface area contributed by atoms with Gasteiger partial charge in [0.25, 0.3) is 5.91 Å². The molecule has 5 rings (SSSR count). The SMILES string of the molecule is COc1ccc(N2CCN(C(=O)c3cc(-c4ccccc4C)nc4c(Cl)cccc34)CC2)cc1. The summed E-state index contributed by atoms with van der Waals surface area (Å²) in [6, 6.07) is 23.7. The Morgan fingerprint density at radius 1 is 0.941 bits per heavy atom. The first-order chi connectivity index (χ1) is 16.5. The maximum Gasteiger partial charge on any atom is 0.254 e. The van der Waals surface area contributed by atoms with Gasteiger partial charge in [0.15, 0.2) is 0 Å². The number of piperazine rings is 1. The Bertz CT molecular complexity index is 1350. The number of carbonyl (C=O) groups is 1. The molecular formula is C28H26ClN3O2. The summed E-state index contributed by atoms with van der Waals surface area (Å²) in [5, 5.41) is 1.33. The molecule has 1 fully saturated rings. The summed E-state index contributed by atoms with van der Waals surface area (Å²) in [4.78, 5) is 22.8. The number of hydrogen-bond donors (Lipinski definition) is 0. The molecule has 1 aliphatic heterocycles. The number of halogens is 1. The van der Waals surface area contributed by atoms with Gasteiger partial charge in [-0.25, -0.2) is 4.98 Å². The monoisotopic (exact) mass is 471 g/mol. The Morgan fingerprint density at radius 3 is 2.38 bits per heavy atom. The second-order valence-electron chi connectivity index (χ2n) is 8.48. The van der Waals surface area contributed by atoms with Gasteiger partial charge in [-0.15, -0.1) is 0 Å². The zero-order valence-electron chi connectivity index (χ0n) is 19.3. The number of nitrogens with zero attached hydrogens (tertiary/aromatic N) is 3. The molecule has 2 heterocycles. The third kappa shape index (κ3) is 4.19. The molecule has 3 aromatic carbocycles. The van der Waals surface area contributed by atoms with Crippen LogP contribution in [0.1, 0.15) is 15.9 Å². The number of fused-ring (bicyclic) bond motifs is 1. The fourth-order valence-corrected chi connectivity index (χ4v) is 4.74. The van der Waals surface area contributed by atoms with Gasteiger partial charge in [0.1, 0.15) is 5.75 Å². The summed E-state index contributed by atoms with van der Waals surface area (Å²) in [7, 11) is 1.67. The molecule has 0 radical (unpaired) electrons. The number of ether oxygens (including phenoxy) is 1. The van der Waals surface area contributed by atoms with Gasteiger partial charge in [-0.1, -0.05) is 48.0 Å². The average Bonchev–Trinajstić information content (AvgIpc) is 2.88. The van der Waals surface area contributed by atoms with Gasteiger partial charge in [0, 0.05) is 42.8 Å². The summed E-state index contributed by atoms with van der Waals surface area (Å²) in [6.45, 7) is 4.89. The number of rotatable bonds is 4. The number of methoxy groups -OCH3 is 1. The summed E-state index contributed by atoms with van der Waals surface area (Å²) in [5.74, 6) is 0.851. The highest BCUT2D eigenvalue weighted by Gasteiger charge is 2.25. The Hall–Kier alpha value is -3.57. The van der Waals surface area contributed by atoms with Gasteiger partial charge in [-0.3, -0.25) is 4.79 Å². The van der Waals surface area contributed by atoms with Crippen LogP contribution in [0, 0.1) is 6.92 Å². The highest BCUT2D eigenvalue weighted by Crippen LogP contribution is 2.31. The first-order valence-corrected chi connectivity index (χ1v) is 11.8. The number of benzene rings is 3. The van der Waals surface area contributed by atoms with Crippen molar-refractivity contribution in [3.05, 3.63) is 88.9 Å². The standard InChI is InChI=1S/C28H26ClN3O2/c1-19-6-3-4-7-22(19)26-18-24(23-8-5-9-25(29)27(23)30-26)28(33)32-16-14-31(15-17-32)20-10-12-21(34-2)13-11-20/h3-13,18H,14-17H2,1-2H3. The minimum atomic E-state index is 0.0129. The molecule has 34 heavy (non-hydrogen) atoms. The Kier molecular flexibility index (Phi) is 6.12. The summed E-state index contributed by atoms with van der Waals surface area (Å²) in [5.41, 5.74) is 5.30. The number of hydrogen-bond acceptors (Lipinski definition) is 4. The summed E-state index contributed by atoms with van der Waals surface area (Å²) < 4.78 is 5.26. The number of aryl methyl sites for hydroxylation is 1. The molecule has 0 N–H and O–H groups in total. The number of carbonyl (C=O) groups excluding carboxylic acids is 1. The van der Waals surface area contributed by atoms with E-state index >= 15 is 0 Å². The van der Waals surface area contributed by atoms with Gasteiger partial charge >= 0.3 is 0 Å². The average molecular weight is 472 g/mol. The maximum atomic E-state index is 13.7. The molecule has 0 spiro atoms. The normalized spacial score (nSPS) is 13.9. The van der Waals surface area contributed by atoms with Crippen LogP contribution in [0.2, 0.25) is 5.02 Å². The van der Waals surface area contributed by atoms with Crippen LogP contribution in [0.5, 0.6) is 5.75 Å². The van der Waals surface area contributed by atoms with E-state index in [4.69, 9.17) is 21.3 Å². The van der Waals surface area contributed by atoms with Crippen LogP contribution in [-0.4, -0.2) is 49.1 Å². The van der Waals surface area contributed by atoms with E-state index in [0.29, 0.717) is 29.2 Å². The van der Waals surface area contributed by atoms with Crippen molar-refractivity contribution in [2.75, 3.05) is 38.2 Å². The molecule has 1 aliphatic rings. The molecule has 172 valence electrons. The van der Waals surface area contributed by atoms with Crippen LogP contribution in [0.4, 0.5) is 5.69 Å². The van der Waals surface area contributed by atoms with E-state index in [1.54, 1.807) is 7.11 Å². The molecule has 0 saturated carbocycles. The minimum Gasteiger partial charge on any atom is -0.497 e. The zero-order chi connectivity index (χ0) is 23.7. The lowest BCUT2D eigenvalue weighted by Gasteiger charge is -2.36. The van der Waals surface area contributed by atoms with Gasteiger partial charge in [-0.05, 0) is 48.9 Å². The lowest BCUT2D eigenvalue weighted by atomic mass is 10.00. The van der Waals surface area contributed by atoms with Crippen LogP contribution in [0.3, 0.4) is 0 Å². The van der Waals surface area contributed by atoms with E-state index in [1.807, 2.05) is 72.5 Å². The molecule has 1 saturated heterocycles. The van der Waals surface area contributed by atoms with Crippen LogP contribution in [0.15, 0.2) is 72.8 Å². The fourth-order valence-electron chi connectivity index (χ4n) is 4.52. The second-order valence-corrected chi connectivity index (χ2v) is 8.89. The van der Waals surface area contributed by atoms with Crippen molar-refractivity contribution in [1.29, 1.82) is 0 Å². The maximum absolute atomic E-state index is 13.7. The van der Waals surface area contributed by atoms with E-state index in [2.05, 4.69) is 17.0 Å². The number of aromatic nitrogens is 1. The van der Waals surface area contributed by atoms with Crippen molar-refractivity contribution in [2.45, 2.75) is 6.92 Å². The second kappa shape index (κ2) is 9.35. The van der Waals surface area contributed by atoms with Gasteiger partial charge in [0.2, 0.25) is 0 Å². The molecule has 6 heteroatoms.